The minimum Gasteiger partial charge on any atom is -0.390 e. The number of thioether (sulfide) groups is 1. The summed E-state index contributed by atoms with van der Waals surface area (Å²) in [6.07, 6.45) is 1.98. The fourth-order valence-corrected chi connectivity index (χ4v) is 0.930. The monoisotopic (exact) mass is 101 g/mol. The van der Waals surface area contributed by atoms with Crippen molar-refractivity contribution in [2.75, 3.05) is 12.3 Å². The van der Waals surface area contributed by atoms with Gasteiger partial charge in [-0.2, -0.15) is 0 Å². The van der Waals surface area contributed by atoms with Gasteiger partial charge in [-0.05, 0) is 5.41 Å². The van der Waals surface area contributed by atoms with Crippen LogP contribution in [0.3, 0.4) is 0 Å². The molecule has 0 fully saturated rings. The first-order chi connectivity index (χ1) is 3.00. The van der Waals surface area contributed by atoms with Crippen LogP contribution in [0.2, 0.25) is 0 Å². The van der Waals surface area contributed by atoms with Gasteiger partial charge in [0.05, 0.1) is 0 Å². The molecule has 0 atom stereocenters. The third kappa shape index (κ3) is 0.937. The molecule has 0 saturated heterocycles. The van der Waals surface area contributed by atoms with Crippen LogP contribution in [0, 0.1) is 0 Å². The lowest BCUT2D eigenvalue weighted by molar-refractivity contribution is 0.924. The predicted octanol–water partition coefficient (Wildman–Crippen LogP) is 0.794. The summed E-state index contributed by atoms with van der Waals surface area (Å²) in [5.41, 5.74) is 0. The average Bonchev–Trinajstić information content (AvgIpc) is 1.72. The molecule has 0 aromatic rings. The zero-order valence-corrected chi connectivity index (χ0v) is 4.29. The van der Waals surface area contributed by atoms with Gasteiger partial charge in [-0.25, -0.2) is 0 Å². The van der Waals surface area contributed by atoms with E-state index in [0.29, 0.717) is 0 Å². The van der Waals surface area contributed by atoms with E-state index in [-0.39, 0.29) is 0 Å². The summed E-state index contributed by atoms with van der Waals surface area (Å²) in [4.78, 5) is 0. The van der Waals surface area contributed by atoms with Crippen molar-refractivity contribution < 1.29 is 0 Å². The van der Waals surface area contributed by atoms with Crippen molar-refractivity contribution in [1.82, 2.24) is 5.32 Å². The van der Waals surface area contributed by atoms with Gasteiger partial charge in [-0.15, -0.1) is 11.8 Å². The Morgan fingerprint density at radius 2 is 2.67 bits per heavy atom. The lowest BCUT2D eigenvalue weighted by Gasteiger charge is -2.01. The van der Waals surface area contributed by atoms with E-state index < -0.39 is 0 Å². The molecule has 0 aromatic carbocycles. The molecule has 0 spiro atoms. The van der Waals surface area contributed by atoms with Gasteiger partial charge >= 0.3 is 0 Å². The fourth-order valence-electron chi connectivity index (χ4n) is 0.365. The third-order valence-corrected chi connectivity index (χ3v) is 1.41. The van der Waals surface area contributed by atoms with Gasteiger partial charge in [-0.1, -0.05) is 0 Å². The van der Waals surface area contributed by atoms with E-state index in [0.717, 1.165) is 6.54 Å². The van der Waals surface area contributed by atoms with Crippen molar-refractivity contribution >= 4 is 11.8 Å². The number of rotatable bonds is 0. The van der Waals surface area contributed by atoms with Crippen LogP contribution in [-0.4, -0.2) is 12.3 Å². The molecule has 0 radical (unpaired) electrons. The van der Waals surface area contributed by atoms with Crippen molar-refractivity contribution in [3.8, 4) is 0 Å². The van der Waals surface area contributed by atoms with E-state index in [1.807, 2.05) is 18.0 Å². The molecule has 1 aliphatic rings. The Morgan fingerprint density at radius 3 is 2.83 bits per heavy atom. The lowest BCUT2D eigenvalue weighted by Crippen LogP contribution is -2.11. The maximum absolute atomic E-state index is 3.08. The van der Waals surface area contributed by atoms with Gasteiger partial charge < -0.3 is 5.32 Å². The number of nitrogens with one attached hydrogen (secondary N) is 1. The van der Waals surface area contributed by atoms with Gasteiger partial charge in [-0.3, -0.25) is 0 Å². The van der Waals surface area contributed by atoms with E-state index in [1.165, 1.54) is 5.75 Å². The highest BCUT2D eigenvalue weighted by atomic mass is 32.2. The zero-order chi connectivity index (χ0) is 4.24. The van der Waals surface area contributed by atoms with Crippen molar-refractivity contribution in [3.63, 3.8) is 0 Å². The molecule has 0 amide bonds. The van der Waals surface area contributed by atoms with Gasteiger partial charge in [0.15, 0.2) is 0 Å². The van der Waals surface area contributed by atoms with Crippen LogP contribution in [0.25, 0.3) is 0 Å². The van der Waals surface area contributed by atoms with Crippen LogP contribution >= 0.6 is 11.8 Å². The van der Waals surface area contributed by atoms with Gasteiger partial charge in [0.2, 0.25) is 0 Å². The third-order valence-electron chi connectivity index (χ3n) is 0.646. The van der Waals surface area contributed by atoms with Crippen molar-refractivity contribution in [1.29, 1.82) is 0 Å². The Bertz CT molecular complexity index is 52.6. The average molecular weight is 101 g/mol. The Hall–Kier alpha value is -0.110. The van der Waals surface area contributed by atoms with Crippen LogP contribution in [0.1, 0.15) is 0 Å². The first-order valence-electron chi connectivity index (χ1n) is 2.00. The second-order valence-corrected chi connectivity index (χ2v) is 2.14. The summed E-state index contributed by atoms with van der Waals surface area (Å²) in [6.45, 7) is 1.13. The molecular weight excluding hydrogens is 94.1 g/mol. The minimum atomic E-state index is 1.13. The van der Waals surface area contributed by atoms with Crippen molar-refractivity contribution in [2.24, 2.45) is 0 Å². The molecule has 0 saturated carbocycles. The van der Waals surface area contributed by atoms with Crippen LogP contribution < -0.4 is 5.32 Å². The molecule has 6 heavy (non-hydrogen) atoms. The molecule has 2 heteroatoms. The largest absolute Gasteiger partial charge is 0.390 e. The topological polar surface area (TPSA) is 12.0 Å². The second kappa shape index (κ2) is 2.13. The van der Waals surface area contributed by atoms with Crippen LogP contribution in [0.4, 0.5) is 0 Å². The Kier molecular flexibility index (Phi) is 1.44. The lowest BCUT2D eigenvalue weighted by atomic mass is 10.7. The molecule has 0 unspecified atom stereocenters. The molecule has 0 aliphatic carbocycles. The molecule has 1 aliphatic heterocycles. The Labute approximate surface area is 41.8 Å². The predicted molar refractivity (Wildman–Crippen MR) is 29.6 cm³/mol. The molecule has 0 bridgehead atoms. The van der Waals surface area contributed by atoms with Gasteiger partial charge in [0, 0.05) is 18.5 Å². The highest BCUT2D eigenvalue weighted by Gasteiger charge is 1.85. The highest BCUT2D eigenvalue weighted by Crippen LogP contribution is 2.01. The second-order valence-electron chi connectivity index (χ2n) is 1.13. The van der Waals surface area contributed by atoms with Crippen molar-refractivity contribution in [3.05, 3.63) is 11.6 Å². The summed E-state index contributed by atoms with van der Waals surface area (Å²) in [5.74, 6) is 1.22. The van der Waals surface area contributed by atoms with Crippen molar-refractivity contribution in [2.45, 2.75) is 0 Å². The fraction of sp³-hybridized carbons (Fsp3) is 0.500. The molecule has 34 valence electrons. The maximum Gasteiger partial charge on any atom is 0.0235 e. The number of hydrogen-bond donors (Lipinski definition) is 1. The van der Waals surface area contributed by atoms with Gasteiger partial charge in [0.1, 0.15) is 0 Å². The molecule has 1 N–H and O–H groups in total. The first kappa shape index (κ1) is 4.06. The Balaban J connectivity index is 2.26. The van der Waals surface area contributed by atoms with Crippen LogP contribution in [-0.2, 0) is 0 Å². The smallest absolute Gasteiger partial charge is 0.0235 e. The summed E-state index contributed by atoms with van der Waals surface area (Å²) in [5, 5.41) is 5.16. The van der Waals surface area contributed by atoms with Crippen LogP contribution in [0.5, 0.6) is 0 Å². The first-order valence-corrected chi connectivity index (χ1v) is 3.05. The number of hydrogen-bond acceptors (Lipinski definition) is 2. The molecule has 0 aromatic heterocycles. The van der Waals surface area contributed by atoms with E-state index in [2.05, 4.69) is 10.7 Å². The molecule has 1 heterocycles. The summed E-state index contributed by atoms with van der Waals surface area (Å²) >= 11 is 1.85. The van der Waals surface area contributed by atoms with E-state index >= 15 is 0 Å². The quantitative estimate of drug-likeness (QED) is 0.484. The van der Waals surface area contributed by atoms with E-state index in [4.69, 9.17) is 0 Å². The normalized spacial score (nSPS) is 20.0. The standard InChI is InChI=1S/C4H7NS/c1-3-6-4-2-5-1/h1,3,5H,2,4H2. The van der Waals surface area contributed by atoms with Crippen LogP contribution in [0.15, 0.2) is 11.6 Å². The molecule has 1 rings (SSSR count). The molecule has 1 nitrogen and oxygen atoms in total. The van der Waals surface area contributed by atoms with E-state index in [1.54, 1.807) is 0 Å². The van der Waals surface area contributed by atoms with Gasteiger partial charge in [0.25, 0.3) is 0 Å². The maximum atomic E-state index is 3.08. The minimum absolute atomic E-state index is 1.13. The Morgan fingerprint density at radius 1 is 1.67 bits per heavy atom. The zero-order valence-electron chi connectivity index (χ0n) is 3.48. The van der Waals surface area contributed by atoms with E-state index in [9.17, 15) is 0 Å². The summed E-state index contributed by atoms with van der Waals surface area (Å²) in [6, 6.07) is 0. The highest BCUT2D eigenvalue weighted by molar-refractivity contribution is 8.02. The summed E-state index contributed by atoms with van der Waals surface area (Å²) < 4.78 is 0. The SMILES string of the molecule is C1=CSCCN1. The molecular formula is C4H7NS. The summed E-state index contributed by atoms with van der Waals surface area (Å²) in [7, 11) is 0.